The Bertz CT molecular complexity index is 365. The van der Waals surface area contributed by atoms with Gasteiger partial charge >= 0.3 is 6.03 Å². The van der Waals surface area contributed by atoms with Gasteiger partial charge in [0.25, 0.3) is 0 Å². The van der Waals surface area contributed by atoms with E-state index in [1.807, 2.05) is 13.8 Å². The van der Waals surface area contributed by atoms with Crippen LogP contribution >= 0.6 is 0 Å². The number of methoxy groups -OCH3 is 1. The Labute approximate surface area is 107 Å². The predicted octanol–water partition coefficient (Wildman–Crippen LogP) is 1.67. The maximum absolute atomic E-state index is 11.4. The lowest BCUT2D eigenvalue weighted by atomic mass is 10.4. The Morgan fingerprint density at radius 2 is 2.22 bits per heavy atom. The van der Waals surface area contributed by atoms with Crippen LogP contribution in [0.1, 0.15) is 13.8 Å². The number of hydrogen-bond acceptors (Lipinski definition) is 4. The molecular weight excluding hydrogens is 232 g/mol. The fraction of sp³-hybridized carbons (Fsp3) is 0.500. The summed E-state index contributed by atoms with van der Waals surface area (Å²) in [6.07, 6.45) is 1.61. The van der Waals surface area contributed by atoms with E-state index in [1.165, 1.54) is 0 Å². The summed E-state index contributed by atoms with van der Waals surface area (Å²) in [5, 5.41) is 8.53. The molecule has 0 saturated heterocycles. The summed E-state index contributed by atoms with van der Waals surface area (Å²) in [6.45, 7) is 5.13. The van der Waals surface area contributed by atoms with Crippen LogP contribution in [-0.4, -0.2) is 37.3 Å². The van der Waals surface area contributed by atoms with Crippen molar-refractivity contribution in [2.24, 2.45) is 0 Å². The van der Waals surface area contributed by atoms with Crippen LogP contribution in [0.2, 0.25) is 0 Å². The number of carbonyl (C=O) groups excluding carboxylic acids is 1. The van der Waals surface area contributed by atoms with Gasteiger partial charge < -0.3 is 20.7 Å². The second kappa shape index (κ2) is 7.50. The molecule has 1 rings (SSSR count). The van der Waals surface area contributed by atoms with Crippen molar-refractivity contribution in [2.75, 3.05) is 30.9 Å². The lowest BCUT2D eigenvalue weighted by Crippen LogP contribution is -2.34. The number of aromatic nitrogens is 1. The zero-order chi connectivity index (χ0) is 13.4. The molecule has 0 fully saturated rings. The molecule has 2 amide bonds. The van der Waals surface area contributed by atoms with Gasteiger partial charge in [-0.1, -0.05) is 0 Å². The summed E-state index contributed by atoms with van der Waals surface area (Å²) in [5.41, 5.74) is 0.658. The Balaban J connectivity index is 2.42. The maximum Gasteiger partial charge on any atom is 0.319 e. The largest absolute Gasteiger partial charge is 0.383 e. The average Bonchev–Trinajstić information content (AvgIpc) is 2.30. The summed E-state index contributed by atoms with van der Waals surface area (Å²) in [4.78, 5) is 15.6. The fourth-order valence-corrected chi connectivity index (χ4v) is 1.28. The van der Waals surface area contributed by atoms with Crippen molar-refractivity contribution in [3.63, 3.8) is 0 Å². The van der Waals surface area contributed by atoms with Gasteiger partial charge in [0.1, 0.15) is 5.82 Å². The highest BCUT2D eigenvalue weighted by atomic mass is 16.5. The summed E-state index contributed by atoms with van der Waals surface area (Å²) >= 11 is 0. The third kappa shape index (κ3) is 5.49. The second-order valence-electron chi connectivity index (χ2n) is 4.10. The van der Waals surface area contributed by atoms with E-state index in [2.05, 4.69) is 20.9 Å². The zero-order valence-corrected chi connectivity index (χ0v) is 11.0. The Kier molecular flexibility index (Phi) is 5.93. The molecule has 1 heterocycles. The van der Waals surface area contributed by atoms with Crippen LogP contribution in [0, 0.1) is 0 Å². The molecule has 6 heteroatoms. The van der Waals surface area contributed by atoms with E-state index in [9.17, 15) is 4.79 Å². The van der Waals surface area contributed by atoms with Gasteiger partial charge in [0.15, 0.2) is 0 Å². The first-order valence-corrected chi connectivity index (χ1v) is 5.88. The fourth-order valence-electron chi connectivity index (χ4n) is 1.28. The molecule has 1 aromatic rings. The third-order valence-electron chi connectivity index (χ3n) is 2.05. The normalized spacial score (nSPS) is 10.2. The van der Waals surface area contributed by atoms with Crippen molar-refractivity contribution in [2.45, 2.75) is 19.9 Å². The minimum atomic E-state index is -0.230. The van der Waals surface area contributed by atoms with Crippen molar-refractivity contribution >= 4 is 17.5 Å². The van der Waals surface area contributed by atoms with Crippen molar-refractivity contribution < 1.29 is 9.53 Å². The number of carbonyl (C=O) groups is 1. The summed E-state index contributed by atoms with van der Waals surface area (Å²) in [5.74, 6) is 0.752. The van der Waals surface area contributed by atoms with Gasteiger partial charge in [-0.05, 0) is 26.0 Å². The number of hydrogen-bond donors (Lipinski definition) is 3. The van der Waals surface area contributed by atoms with E-state index < -0.39 is 0 Å². The number of nitrogens with one attached hydrogen (secondary N) is 3. The highest BCUT2D eigenvalue weighted by Gasteiger charge is 2.03. The van der Waals surface area contributed by atoms with E-state index in [0.29, 0.717) is 18.8 Å². The minimum absolute atomic E-state index is 0.105. The van der Waals surface area contributed by atoms with Gasteiger partial charge in [0.05, 0.1) is 18.5 Å². The van der Waals surface area contributed by atoms with Crippen molar-refractivity contribution in [3.8, 4) is 0 Å². The van der Waals surface area contributed by atoms with Crippen LogP contribution in [0.3, 0.4) is 0 Å². The predicted molar refractivity (Wildman–Crippen MR) is 71.9 cm³/mol. The highest BCUT2D eigenvalue weighted by Crippen LogP contribution is 2.09. The number of amides is 2. The molecule has 0 spiro atoms. The van der Waals surface area contributed by atoms with Crippen LogP contribution < -0.4 is 16.0 Å². The molecule has 0 aliphatic heterocycles. The van der Waals surface area contributed by atoms with Crippen molar-refractivity contribution in [1.29, 1.82) is 0 Å². The second-order valence-corrected chi connectivity index (χ2v) is 4.10. The van der Waals surface area contributed by atoms with E-state index >= 15 is 0 Å². The molecule has 3 N–H and O–H groups in total. The van der Waals surface area contributed by atoms with Gasteiger partial charge in [0.2, 0.25) is 0 Å². The maximum atomic E-state index is 11.4. The molecule has 18 heavy (non-hydrogen) atoms. The first-order chi connectivity index (χ1) is 8.61. The lowest BCUT2D eigenvalue weighted by Gasteiger charge is -2.10. The monoisotopic (exact) mass is 252 g/mol. The summed E-state index contributed by atoms with van der Waals surface area (Å²) in [7, 11) is 1.65. The van der Waals surface area contributed by atoms with E-state index in [1.54, 1.807) is 25.4 Å². The molecule has 0 unspecified atom stereocenters. The van der Waals surface area contributed by atoms with Gasteiger partial charge in [-0.25, -0.2) is 9.78 Å². The smallest absolute Gasteiger partial charge is 0.319 e. The molecule has 100 valence electrons. The molecule has 0 atom stereocenters. The Hall–Kier alpha value is -1.82. The Morgan fingerprint density at radius 3 is 2.78 bits per heavy atom. The molecule has 0 aromatic carbocycles. The molecule has 0 radical (unpaired) electrons. The first-order valence-electron chi connectivity index (χ1n) is 5.88. The SMILES string of the molecule is COCCNc1ccc(NC(=O)NC(C)C)cn1. The topological polar surface area (TPSA) is 75.3 Å². The zero-order valence-electron chi connectivity index (χ0n) is 11.0. The Morgan fingerprint density at radius 1 is 1.44 bits per heavy atom. The quantitative estimate of drug-likeness (QED) is 0.673. The van der Waals surface area contributed by atoms with Gasteiger partial charge in [-0.2, -0.15) is 0 Å². The molecular formula is C12H20N4O2. The third-order valence-corrected chi connectivity index (χ3v) is 2.05. The lowest BCUT2D eigenvalue weighted by molar-refractivity contribution is 0.210. The van der Waals surface area contributed by atoms with E-state index in [-0.39, 0.29) is 12.1 Å². The number of nitrogens with zero attached hydrogens (tertiary/aromatic N) is 1. The molecule has 0 aliphatic carbocycles. The van der Waals surface area contributed by atoms with Crippen LogP contribution in [-0.2, 0) is 4.74 Å². The number of urea groups is 1. The van der Waals surface area contributed by atoms with Gasteiger partial charge in [-0.15, -0.1) is 0 Å². The van der Waals surface area contributed by atoms with Gasteiger partial charge in [-0.3, -0.25) is 0 Å². The molecule has 1 aromatic heterocycles. The summed E-state index contributed by atoms with van der Waals surface area (Å²) in [6, 6.07) is 3.47. The molecule has 0 aliphatic rings. The van der Waals surface area contributed by atoms with Crippen LogP contribution in [0.25, 0.3) is 0 Å². The molecule has 0 bridgehead atoms. The van der Waals surface area contributed by atoms with E-state index in [4.69, 9.17) is 4.74 Å². The summed E-state index contributed by atoms with van der Waals surface area (Å²) < 4.78 is 4.92. The number of pyridine rings is 1. The average molecular weight is 252 g/mol. The van der Waals surface area contributed by atoms with Crippen molar-refractivity contribution in [1.82, 2.24) is 10.3 Å². The highest BCUT2D eigenvalue weighted by molar-refractivity contribution is 5.89. The molecule has 6 nitrogen and oxygen atoms in total. The first kappa shape index (κ1) is 14.2. The number of ether oxygens (including phenoxy) is 1. The van der Waals surface area contributed by atoms with E-state index in [0.717, 1.165) is 5.82 Å². The van der Waals surface area contributed by atoms with Crippen LogP contribution in [0.4, 0.5) is 16.3 Å². The standard InChI is InChI=1S/C12H20N4O2/c1-9(2)15-12(17)16-10-4-5-11(14-8-10)13-6-7-18-3/h4-5,8-9H,6-7H2,1-3H3,(H,13,14)(H2,15,16,17). The van der Waals surface area contributed by atoms with Crippen molar-refractivity contribution in [3.05, 3.63) is 18.3 Å². The van der Waals surface area contributed by atoms with Crippen LogP contribution in [0.5, 0.6) is 0 Å². The molecule has 0 saturated carbocycles. The van der Waals surface area contributed by atoms with Gasteiger partial charge in [0, 0.05) is 19.7 Å². The number of anilines is 2. The number of rotatable bonds is 6. The van der Waals surface area contributed by atoms with Crippen LogP contribution in [0.15, 0.2) is 18.3 Å². The minimum Gasteiger partial charge on any atom is -0.383 e.